The van der Waals surface area contributed by atoms with E-state index in [1.54, 1.807) is 19.1 Å². The molecule has 1 aromatic rings. The van der Waals surface area contributed by atoms with Crippen molar-refractivity contribution in [2.24, 2.45) is 0 Å². The zero-order valence-electron chi connectivity index (χ0n) is 10.6. The number of hydrogen-bond acceptors (Lipinski definition) is 2. The van der Waals surface area contributed by atoms with Crippen LogP contribution in [0.1, 0.15) is 31.9 Å². The van der Waals surface area contributed by atoms with Crippen molar-refractivity contribution in [3.05, 3.63) is 47.3 Å². The van der Waals surface area contributed by atoms with Gasteiger partial charge in [0.2, 0.25) is 0 Å². The molecule has 0 heterocycles. The lowest BCUT2D eigenvalue weighted by Crippen LogP contribution is -2.19. The van der Waals surface area contributed by atoms with E-state index in [9.17, 15) is 9.18 Å². The summed E-state index contributed by atoms with van der Waals surface area (Å²) < 4.78 is 13.0. The second-order valence-corrected chi connectivity index (χ2v) is 4.07. The van der Waals surface area contributed by atoms with Crippen LogP contribution in [-0.4, -0.2) is 17.6 Å². The number of halogens is 1. The van der Waals surface area contributed by atoms with Gasteiger partial charge in [-0.05, 0) is 31.0 Å². The maximum atomic E-state index is 13.0. The minimum atomic E-state index is -0.891. The van der Waals surface area contributed by atoms with Crippen LogP contribution in [0.2, 0.25) is 0 Å². The van der Waals surface area contributed by atoms with Crippen molar-refractivity contribution in [2.45, 2.75) is 26.3 Å². The van der Waals surface area contributed by atoms with Crippen molar-refractivity contribution in [3.8, 4) is 0 Å². The minimum absolute atomic E-state index is 0.0242. The van der Waals surface area contributed by atoms with E-state index in [0.29, 0.717) is 18.5 Å². The Hall–Kier alpha value is -1.68. The monoisotopic (exact) mass is 251 g/mol. The van der Waals surface area contributed by atoms with Gasteiger partial charge in [-0.2, -0.15) is 0 Å². The van der Waals surface area contributed by atoms with Crippen LogP contribution in [0.3, 0.4) is 0 Å². The number of carboxylic acid groups (broad SMARTS) is 1. The molecule has 4 heteroatoms. The summed E-state index contributed by atoms with van der Waals surface area (Å²) in [7, 11) is 0. The largest absolute Gasteiger partial charge is 0.478 e. The first-order valence-electron chi connectivity index (χ1n) is 5.95. The zero-order valence-corrected chi connectivity index (χ0v) is 10.6. The Morgan fingerprint density at radius 2 is 2.28 bits per heavy atom. The Kier molecular flexibility index (Phi) is 5.52. The van der Waals surface area contributed by atoms with Gasteiger partial charge in [0.15, 0.2) is 0 Å². The Balaban J connectivity index is 2.56. The van der Waals surface area contributed by atoms with Gasteiger partial charge >= 0.3 is 5.97 Å². The lowest BCUT2D eigenvalue weighted by molar-refractivity contribution is -0.132. The van der Waals surface area contributed by atoms with Crippen LogP contribution in [0, 0.1) is 5.82 Å². The molecular weight excluding hydrogens is 233 g/mol. The molecule has 0 spiro atoms. The molecule has 1 atom stereocenters. The molecule has 98 valence electrons. The predicted octanol–water partition coefficient (Wildman–Crippen LogP) is 2.90. The molecule has 0 aliphatic heterocycles. The molecule has 0 unspecified atom stereocenters. The lowest BCUT2D eigenvalue weighted by Gasteiger charge is -2.13. The average Bonchev–Trinajstić information content (AvgIpc) is 2.34. The highest BCUT2D eigenvalue weighted by Gasteiger charge is 2.06. The van der Waals surface area contributed by atoms with Crippen LogP contribution in [0.5, 0.6) is 0 Å². The first kappa shape index (κ1) is 14.4. The van der Waals surface area contributed by atoms with Crippen LogP contribution < -0.4 is 5.32 Å². The van der Waals surface area contributed by atoms with Crippen LogP contribution in [0.25, 0.3) is 0 Å². The minimum Gasteiger partial charge on any atom is -0.478 e. The summed E-state index contributed by atoms with van der Waals surface area (Å²) in [5, 5.41) is 12.0. The van der Waals surface area contributed by atoms with Gasteiger partial charge < -0.3 is 10.4 Å². The maximum absolute atomic E-state index is 13.0. The standard InChI is InChI=1S/C14H18FNO2/c1-3-11(14(17)18)7-8-16-10(2)12-5-4-6-13(15)9-12/h4-7,9-10,16H,3,8H2,1-2H3,(H,17,18)/b11-7-/t10-/m0/s1. The summed E-state index contributed by atoms with van der Waals surface area (Å²) in [6.07, 6.45) is 2.14. The molecule has 0 aromatic heterocycles. The molecule has 0 aliphatic rings. The van der Waals surface area contributed by atoms with Gasteiger partial charge in [0.1, 0.15) is 5.82 Å². The number of nitrogens with one attached hydrogen (secondary N) is 1. The van der Waals surface area contributed by atoms with E-state index in [4.69, 9.17) is 5.11 Å². The van der Waals surface area contributed by atoms with E-state index < -0.39 is 5.97 Å². The molecule has 0 saturated heterocycles. The molecule has 0 bridgehead atoms. The van der Waals surface area contributed by atoms with Crippen molar-refractivity contribution >= 4 is 5.97 Å². The summed E-state index contributed by atoms with van der Waals surface area (Å²) in [5.74, 6) is -1.16. The fourth-order valence-electron chi connectivity index (χ4n) is 1.64. The fraction of sp³-hybridized carbons (Fsp3) is 0.357. The SMILES string of the molecule is CC/C(=C/CN[C@@H](C)c1cccc(F)c1)C(=O)O. The van der Waals surface area contributed by atoms with Crippen LogP contribution in [0.15, 0.2) is 35.9 Å². The fourth-order valence-corrected chi connectivity index (χ4v) is 1.64. The topological polar surface area (TPSA) is 49.3 Å². The highest BCUT2D eigenvalue weighted by molar-refractivity contribution is 5.86. The highest BCUT2D eigenvalue weighted by atomic mass is 19.1. The van der Waals surface area contributed by atoms with Gasteiger partial charge in [-0.25, -0.2) is 9.18 Å². The van der Waals surface area contributed by atoms with Gasteiger partial charge in [0.05, 0.1) is 0 Å². The average molecular weight is 251 g/mol. The number of aliphatic carboxylic acids is 1. The van der Waals surface area contributed by atoms with Crippen molar-refractivity contribution in [2.75, 3.05) is 6.54 Å². The third-order valence-corrected chi connectivity index (χ3v) is 2.78. The molecular formula is C14H18FNO2. The first-order chi connectivity index (χ1) is 8.54. The highest BCUT2D eigenvalue weighted by Crippen LogP contribution is 2.13. The second-order valence-electron chi connectivity index (χ2n) is 4.07. The molecule has 18 heavy (non-hydrogen) atoms. The zero-order chi connectivity index (χ0) is 13.5. The Labute approximate surface area is 106 Å². The summed E-state index contributed by atoms with van der Waals surface area (Å²) in [4.78, 5) is 10.8. The molecule has 2 N–H and O–H groups in total. The third kappa shape index (κ3) is 4.30. The van der Waals surface area contributed by atoms with Gasteiger partial charge in [-0.3, -0.25) is 0 Å². The molecule has 0 radical (unpaired) electrons. The number of hydrogen-bond donors (Lipinski definition) is 2. The summed E-state index contributed by atoms with van der Waals surface area (Å²) in [5.41, 5.74) is 1.23. The Morgan fingerprint density at radius 3 is 2.83 bits per heavy atom. The summed E-state index contributed by atoms with van der Waals surface area (Å²) in [6, 6.07) is 6.34. The van der Waals surface area contributed by atoms with Crippen LogP contribution in [-0.2, 0) is 4.79 Å². The molecule has 0 amide bonds. The van der Waals surface area contributed by atoms with Crippen molar-refractivity contribution in [1.29, 1.82) is 0 Å². The lowest BCUT2D eigenvalue weighted by atomic mass is 10.1. The predicted molar refractivity (Wildman–Crippen MR) is 68.8 cm³/mol. The molecule has 1 aromatic carbocycles. The Morgan fingerprint density at radius 1 is 1.56 bits per heavy atom. The number of benzene rings is 1. The van der Waals surface area contributed by atoms with Gasteiger partial charge in [0, 0.05) is 18.2 Å². The molecule has 1 rings (SSSR count). The maximum Gasteiger partial charge on any atom is 0.331 e. The smallest absolute Gasteiger partial charge is 0.331 e. The molecule has 3 nitrogen and oxygen atoms in total. The Bertz CT molecular complexity index is 443. The van der Waals surface area contributed by atoms with E-state index in [1.165, 1.54) is 12.1 Å². The van der Waals surface area contributed by atoms with Crippen LogP contribution in [0.4, 0.5) is 4.39 Å². The van der Waals surface area contributed by atoms with Crippen molar-refractivity contribution in [1.82, 2.24) is 5.32 Å². The quantitative estimate of drug-likeness (QED) is 0.764. The van der Waals surface area contributed by atoms with Crippen molar-refractivity contribution < 1.29 is 14.3 Å². The second kappa shape index (κ2) is 6.91. The van der Waals surface area contributed by atoms with Crippen LogP contribution >= 0.6 is 0 Å². The van der Waals surface area contributed by atoms with E-state index in [1.807, 2.05) is 13.0 Å². The number of carbonyl (C=O) groups is 1. The summed E-state index contributed by atoms with van der Waals surface area (Å²) in [6.45, 7) is 4.16. The first-order valence-corrected chi connectivity index (χ1v) is 5.95. The van der Waals surface area contributed by atoms with Crippen molar-refractivity contribution in [3.63, 3.8) is 0 Å². The number of carboxylic acids is 1. The van der Waals surface area contributed by atoms with E-state index in [-0.39, 0.29) is 11.9 Å². The van der Waals surface area contributed by atoms with Gasteiger partial charge in [-0.1, -0.05) is 25.1 Å². The number of rotatable bonds is 6. The summed E-state index contributed by atoms with van der Waals surface area (Å²) >= 11 is 0. The van der Waals surface area contributed by atoms with E-state index in [0.717, 1.165) is 5.56 Å². The molecule has 0 aliphatic carbocycles. The molecule has 0 fully saturated rings. The molecule has 0 saturated carbocycles. The van der Waals surface area contributed by atoms with Gasteiger partial charge in [-0.15, -0.1) is 0 Å². The third-order valence-electron chi connectivity index (χ3n) is 2.78. The van der Waals surface area contributed by atoms with E-state index >= 15 is 0 Å². The van der Waals surface area contributed by atoms with Gasteiger partial charge in [0.25, 0.3) is 0 Å². The van der Waals surface area contributed by atoms with E-state index in [2.05, 4.69) is 5.32 Å². The normalized spacial score (nSPS) is 13.4.